The van der Waals surface area contributed by atoms with Gasteiger partial charge in [0.25, 0.3) is 5.69 Å². The highest BCUT2D eigenvalue weighted by molar-refractivity contribution is 5.48. The molecule has 1 aliphatic carbocycles. The van der Waals surface area contributed by atoms with Crippen molar-refractivity contribution in [2.24, 2.45) is 11.8 Å². The molecule has 122 valence electrons. The van der Waals surface area contributed by atoms with E-state index in [1.807, 2.05) is 6.07 Å². The van der Waals surface area contributed by atoms with Gasteiger partial charge >= 0.3 is 0 Å². The number of hydrogen-bond donors (Lipinski definition) is 0. The van der Waals surface area contributed by atoms with E-state index in [2.05, 4.69) is 20.8 Å². The minimum atomic E-state index is -0.249. The minimum Gasteiger partial charge on any atom is -0.373 e. The van der Waals surface area contributed by atoms with E-state index in [0.29, 0.717) is 11.8 Å². The van der Waals surface area contributed by atoms with Crippen LogP contribution >= 0.6 is 0 Å². The Morgan fingerprint density at radius 1 is 1.32 bits per heavy atom. The molecular weight excluding hydrogens is 278 g/mol. The van der Waals surface area contributed by atoms with Gasteiger partial charge in [-0.15, -0.1) is 0 Å². The molecule has 0 N–H and O–H groups in total. The lowest BCUT2D eigenvalue weighted by Gasteiger charge is -2.37. The number of fused-ring (bicyclic) bond motifs is 1. The zero-order valence-electron chi connectivity index (χ0n) is 13.9. The van der Waals surface area contributed by atoms with Gasteiger partial charge in [-0.05, 0) is 30.2 Å². The molecule has 0 aromatic heterocycles. The molecule has 1 aromatic rings. The summed E-state index contributed by atoms with van der Waals surface area (Å²) in [5, 5.41) is 11.4. The molecule has 0 bridgehead atoms. The van der Waals surface area contributed by atoms with Crippen molar-refractivity contribution in [3.05, 3.63) is 39.4 Å². The summed E-state index contributed by atoms with van der Waals surface area (Å²) in [5.74, 6) is 0.872. The van der Waals surface area contributed by atoms with Crippen molar-refractivity contribution in [3.63, 3.8) is 0 Å². The summed E-state index contributed by atoms with van der Waals surface area (Å²) in [4.78, 5) is 11.1. The van der Waals surface area contributed by atoms with Crippen LogP contribution < -0.4 is 0 Å². The van der Waals surface area contributed by atoms with E-state index in [1.165, 1.54) is 0 Å². The van der Waals surface area contributed by atoms with Crippen LogP contribution in [-0.4, -0.2) is 11.5 Å². The van der Waals surface area contributed by atoms with Gasteiger partial charge in [0.1, 0.15) is 0 Å². The Bertz CT molecular complexity index is 515. The highest BCUT2D eigenvalue weighted by atomic mass is 16.6. The van der Waals surface area contributed by atoms with Gasteiger partial charge in [-0.1, -0.05) is 52.2 Å². The molecule has 0 fully saturated rings. The third-order valence-electron chi connectivity index (χ3n) is 4.83. The number of hydrogen-bond acceptors (Lipinski definition) is 3. The number of nitrogens with zero attached hydrogens (tertiary/aromatic N) is 1. The number of nitro benzene ring substituents is 1. The summed E-state index contributed by atoms with van der Waals surface area (Å²) in [7, 11) is 0. The van der Waals surface area contributed by atoms with Gasteiger partial charge in [-0.2, -0.15) is 0 Å². The molecule has 0 radical (unpaired) electrons. The van der Waals surface area contributed by atoms with E-state index >= 15 is 0 Å². The Morgan fingerprint density at radius 2 is 2.09 bits per heavy atom. The summed E-state index contributed by atoms with van der Waals surface area (Å²) in [6.45, 7) is 7.28. The number of benzene rings is 1. The van der Waals surface area contributed by atoms with Crippen molar-refractivity contribution in [1.82, 2.24) is 0 Å². The maximum Gasteiger partial charge on any atom is 0.272 e. The quantitative estimate of drug-likeness (QED) is 0.402. The second-order valence-corrected chi connectivity index (χ2v) is 6.36. The van der Waals surface area contributed by atoms with Crippen molar-refractivity contribution >= 4 is 5.69 Å². The van der Waals surface area contributed by atoms with Crippen LogP contribution in [0.4, 0.5) is 5.69 Å². The van der Waals surface area contributed by atoms with Crippen molar-refractivity contribution in [2.45, 2.75) is 59.0 Å². The van der Waals surface area contributed by atoms with Gasteiger partial charge in [0.2, 0.25) is 0 Å². The fourth-order valence-electron chi connectivity index (χ4n) is 3.56. The van der Waals surface area contributed by atoms with E-state index in [1.54, 1.807) is 12.1 Å². The Morgan fingerprint density at radius 3 is 2.73 bits per heavy atom. The molecule has 4 heteroatoms. The molecular formula is C18H27NO3. The standard InChI is InChI=1S/C18H27NO3/c1-4-6-11-22-18-13(3)14(8-5-2)12-16-15(18)9-7-10-17(16)19(20)21/h7,9-10,13-14,18H,4-6,8,11-12H2,1-3H3. The van der Waals surface area contributed by atoms with Gasteiger partial charge in [-0.3, -0.25) is 10.1 Å². The van der Waals surface area contributed by atoms with Crippen molar-refractivity contribution in [1.29, 1.82) is 0 Å². The first-order valence-electron chi connectivity index (χ1n) is 8.47. The van der Waals surface area contributed by atoms with Crippen LogP contribution in [-0.2, 0) is 11.2 Å². The smallest absolute Gasteiger partial charge is 0.272 e. The molecule has 0 heterocycles. The summed E-state index contributed by atoms with van der Waals surface area (Å²) in [6, 6.07) is 5.43. The first kappa shape index (κ1) is 16.9. The Labute approximate surface area is 133 Å². The summed E-state index contributed by atoms with van der Waals surface area (Å²) >= 11 is 0. The Balaban J connectivity index is 2.36. The predicted octanol–water partition coefficient (Wildman–Crippen LogP) is 5.06. The average molecular weight is 305 g/mol. The SMILES string of the molecule is CCCCOC1c2cccc([N+](=O)[O-])c2CC(CCC)C1C. The van der Waals surface area contributed by atoms with Gasteiger partial charge in [0, 0.05) is 18.2 Å². The fourth-order valence-corrected chi connectivity index (χ4v) is 3.56. The third kappa shape index (κ3) is 3.49. The molecule has 0 aliphatic heterocycles. The van der Waals surface area contributed by atoms with E-state index in [-0.39, 0.29) is 16.7 Å². The van der Waals surface area contributed by atoms with Crippen molar-refractivity contribution < 1.29 is 9.66 Å². The summed E-state index contributed by atoms with van der Waals surface area (Å²) < 4.78 is 6.15. The molecule has 0 spiro atoms. The topological polar surface area (TPSA) is 52.4 Å². The molecule has 3 atom stereocenters. The molecule has 0 saturated heterocycles. The predicted molar refractivity (Wildman–Crippen MR) is 88.0 cm³/mol. The number of unbranched alkanes of at least 4 members (excludes halogenated alkanes) is 1. The molecule has 1 aliphatic rings. The summed E-state index contributed by atoms with van der Waals surface area (Å²) in [6.07, 6.45) is 5.13. The lowest BCUT2D eigenvalue weighted by atomic mass is 9.72. The number of ether oxygens (including phenoxy) is 1. The monoisotopic (exact) mass is 305 g/mol. The first-order valence-corrected chi connectivity index (χ1v) is 8.47. The van der Waals surface area contributed by atoms with Crippen molar-refractivity contribution in [2.75, 3.05) is 6.61 Å². The first-order chi connectivity index (χ1) is 10.6. The van der Waals surface area contributed by atoms with Crippen LogP contribution in [0.25, 0.3) is 0 Å². The second-order valence-electron chi connectivity index (χ2n) is 6.36. The van der Waals surface area contributed by atoms with Gasteiger partial charge in [0.15, 0.2) is 0 Å². The number of rotatable bonds is 7. The van der Waals surface area contributed by atoms with Crippen LogP contribution in [0.3, 0.4) is 0 Å². The molecule has 22 heavy (non-hydrogen) atoms. The van der Waals surface area contributed by atoms with Crippen LogP contribution in [0.1, 0.15) is 63.7 Å². The molecule has 0 amide bonds. The van der Waals surface area contributed by atoms with Crippen LogP contribution in [0.2, 0.25) is 0 Å². The average Bonchev–Trinajstić information content (AvgIpc) is 2.50. The molecule has 4 nitrogen and oxygen atoms in total. The maximum atomic E-state index is 11.4. The molecule has 1 aromatic carbocycles. The highest BCUT2D eigenvalue weighted by Gasteiger charge is 2.37. The summed E-state index contributed by atoms with van der Waals surface area (Å²) in [5.41, 5.74) is 2.19. The van der Waals surface area contributed by atoms with Gasteiger partial charge in [0.05, 0.1) is 11.0 Å². The van der Waals surface area contributed by atoms with Gasteiger partial charge in [-0.25, -0.2) is 0 Å². The van der Waals surface area contributed by atoms with Crippen LogP contribution in [0, 0.1) is 22.0 Å². The van der Waals surface area contributed by atoms with Crippen LogP contribution in [0.5, 0.6) is 0 Å². The lowest BCUT2D eigenvalue weighted by molar-refractivity contribution is -0.385. The minimum absolute atomic E-state index is 0.00764. The molecule has 3 unspecified atom stereocenters. The van der Waals surface area contributed by atoms with E-state index in [9.17, 15) is 10.1 Å². The third-order valence-corrected chi connectivity index (χ3v) is 4.83. The van der Waals surface area contributed by atoms with E-state index in [0.717, 1.165) is 49.8 Å². The maximum absolute atomic E-state index is 11.4. The highest BCUT2D eigenvalue weighted by Crippen LogP contribution is 2.44. The zero-order valence-corrected chi connectivity index (χ0v) is 13.9. The van der Waals surface area contributed by atoms with E-state index < -0.39 is 0 Å². The van der Waals surface area contributed by atoms with Crippen molar-refractivity contribution in [3.8, 4) is 0 Å². The largest absolute Gasteiger partial charge is 0.373 e. The fraction of sp³-hybridized carbons (Fsp3) is 0.667. The molecule has 0 saturated carbocycles. The normalized spacial score (nSPS) is 24.0. The lowest BCUT2D eigenvalue weighted by Crippen LogP contribution is -2.30. The second kappa shape index (κ2) is 7.73. The van der Waals surface area contributed by atoms with Crippen LogP contribution in [0.15, 0.2) is 18.2 Å². The van der Waals surface area contributed by atoms with E-state index in [4.69, 9.17) is 4.74 Å². The Kier molecular flexibility index (Phi) is 5.95. The molecule has 2 rings (SSSR count). The van der Waals surface area contributed by atoms with Gasteiger partial charge < -0.3 is 4.74 Å². The Hall–Kier alpha value is -1.42. The zero-order chi connectivity index (χ0) is 16.1. The number of nitro groups is 1.